The van der Waals surface area contributed by atoms with E-state index in [2.05, 4.69) is 10.3 Å². The minimum Gasteiger partial charge on any atom is -0.478 e. The van der Waals surface area contributed by atoms with Crippen LogP contribution in [0.2, 0.25) is 0 Å². The Hall–Kier alpha value is -4.72. The Bertz CT molecular complexity index is 1710. The van der Waals surface area contributed by atoms with Gasteiger partial charge in [0.1, 0.15) is 11.6 Å². The second-order valence-electron chi connectivity index (χ2n) is 8.74. The van der Waals surface area contributed by atoms with Gasteiger partial charge in [0.15, 0.2) is 0 Å². The number of para-hydroxylation sites is 2. The summed E-state index contributed by atoms with van der Waals surface area (Å²) in [5.41, 5.74) is 5.32. The molecule has 0 aliphatic rings. The first kappa shape index (κ1) is 23.0. The van der Waals surface area contributed by atoms with Crippen LogP contribution in [0.4, 0.5) is 11.5 Å². The van der Waals surface area contributed by atoms with Crippen LogP contribution in [-0.2, 0) is 7.05 Å². The average Bonchev–Trinajstić information content (AvgIpc) is 3.18. The van der Waals surface area contributed by atoms with Crippen LogP contribution in [0.15, 0.2) is 71.5 Å². The van der Waals surface area contributed by atoms with Gasteiger partial charge in [-0.1, -0.05) is 36.4 Å². The number of carboxylic acids is 1. The number of carboxylic acid groups (broad SMARTS) is 1. The molecule has 0 aliphatic heterocycles. The molecule has 0 spiro atoms. The van der Waals surface area contributed by atoms with Crippen molar-refractivity contribution in [2.75, 3.05) is 5.32 Å². The second kappa shape index (κ2) is 8.81. The fourth-order valence-corrected chi connectivity index (χ4v) is 4.41. The molecular formula is C28H25N5O3. The SMILES string of the molecule is Cc1ccccc1-n1nc(C)c(-c2ccc3c(=O)n(C)c(C)nc3c2)c1Nc1ccccc1C(=O)O. The van der Waals surface area contributed by atoms with Crippen LogP contribution in [0.25, 0.3) is 27.7 Å². The van der Waals surface area contributed by atoms with Gasteiger partial charge >= 0.3 is 5.97 Å². The molecular weight excluding hydrogens is 454 g/mol. The van der Waals surface area contributed by atoms with Crippen molar-refractivity contribution in [3.05, 3.63) is 99.7 Å². The number of hydrogen-bond donors (Lipinski definition) is 2. The van der Waals surface area contributed by atoms with Crippen molar-refractivity contribution < 1.29 is 9.90 Å². The van der Waals surface area contributed by atoms with Crippen LogP contribution in [0.3, 0.4) is 0 Å². The van der Waals surface area contributed by atoms with Crippen LogP contribution in [0.1, 0.15) is 27.4 Å². The van der Waals surface area contributed by atoms with Crippen molar-refractivity contribution in [3.63, 3.8) is 0 Å². The molecule has 0 fully saturated rings. The Balaban J connectivity index is 1.78. The van der Waals surface area contributed by atoms with Gasteiger partial charge in [0, 0.05) is 12.6 Å². The molecule has 0 radical (unpaired) electrons. The zero-order valence-electron chi connectivity index (χ0n) is 20.4. The maximum absolute atomic E-state index is 12.7. The Morgan fingerprint density at radius 2 is 1.69 bits per heavy atom. The highest BCUT2D eigenvalue weighted by Gasteiger charge is 2.22. The lowest BCUT2D eigenvalue weighted by Crippen LogP contribution is -2.20. The van der Waals surface area contributed by atoms with Crippen LogP contribution in [0, 0.1) is 20.8 Å². The average molecular weight is 480 g/mol. The minimum absolute atomic E-state index is 0.106. The van der Waals surface area contributed by atoms with Gasteiger partial charge in [-0.2, -0.15) is 5.10 Å². The van der Waals surface area contributed by atoms with E-state index in [9.17, 15) is 14.7 Å². The number of rotatable bonds is 5. The molecule has 36 heavy (non-hydrogen) atoms. The molecule has 2 N–H and O–H groups in total. The topological polar surface area (TPSA) is 102 Å². The summed E-state index contributed by atoms with van der Waals surface area (Å²) in [5, 5.41) is 18.5. The number of benzene rings is 3. The highest BCUT2D eigenvalue weighted by Crippen LogP contribution is 2.37. The Kier molecular flexibility index (Phi) is 5.64. The van der Waals surface area contributed by atoms with Crippen molar-refractivity contribution >= 4 is 28.4 Å². The van der Waals surface area contributed by atoms with E-state index in [4.69, 9.17) is 5.10 Å². The standard InChI is InChI=1S/C28H25N5O3/c1-16-9-5-8-12-24(16)33-26(30-22-11-7-6-10-21(22)28(35)36)25(17(2)31-33)19-13-14-20-23(15-19)29-18(3)32(4)27(20)34/h5-15,30H,1-4H3,(H,35,36). The number of hydrogen-bond acceptors (Lipinski definition) is 5. The molecule has 0 saturated heterocycles. The molecule has 0 saturated carbocycles. The lowest BCUT2D eigenvalue weighted by atomic mass is 10.0. The molecule has 0 atom stereocenters. The molecule has 0 unspecified atom stereocenters. The highest BCUT2D eigenvalue weighted by molar-refractivity contribution is 5.96. The van der Waals surface area contributed by atoms with Crippen LogP contribution >= 0.6 is 0 Å². The first-order chi connectivity index (χ1) is 17.3. The number of fused-ring (bicyclic) bond motifs is 1. The molecule has 3 aromatic carbocycles. The summed E-state index contributed by atoms with van der Waals surface area (Å²) < 4.78 is 3.32. The number of nitrogens with zero attached hydrogens (tertiary/aromatic N) is 4. The zero-order valence-corrected chi connectivity index (χ0v) is 20.4. The second-order valence-corrected chi connectivity index (χ2v) is 8.74. The minimum atomic E-state index is -1.03. The maximum atomic E-state index is 12.7. The van der Waals surface area contributed by atoms with Gasteiger partial charge < -0.3 is 10.4 Å². The van der Waals surface area contributed by atoms with Gasteiger partial charge in [-0.15, -0.1) is 0 Å². The molecule has 5 aromatic rings. The third kappa shape index (κ3) is 3.82. The fourth-order valence-electron chi connectivity index (χ4n) is 4.41. The smallest absolute Gasteiger partial charge is 0.337 e. The van der Waals surface area contributed by atoms with E-state index in [1.165, 1.54) is 4.57 Å². The molecule has 5 rings (SSSR count). The lowest BCUT2D eigenvalue weighted by molar-refractivity contribution is 0.0698. The Labute approximate surface area is 207 Å². The normalized spacial score (nSPS) is 11.1. The maximum Gasteiger partial charge on any atom is 0.337 e. The third-order valence-corrected chi connectivity index (χ3v) is 6.40. The predicted octanol–water partition coefficient (Wildman–Crippen LogP) is 5.15. The number of aromatic carboxylic acids is 1. The zero-order chi connectivity index (χ0) is 25.6. The summed E-state index contributed by atoms with van der Waals surface area (Å²) >= 11 is 0. The molecule has 8 nitrogen and oxygen atoms in total. The van der Waals surface area contributed by atoms with Crippen LogP contribution in [0.5, 0.6) is 0 Å². The third-order valence-electron chi connectivity index (χ3n) is 6.40. The van der Waals surface area contributed by atoms with Crippen molar-refractivity contribution in [1.82, 2.24) is 19.3 Å². The van der Waals surface area contributed by atoms with E-state index in [0.717, 1.165) is 28.1 Å². The summed E-state index contributed by atoms with van der Waals surface area (Å²) in [5.74, 6) is 0.209. The summed E-state index contributed by atoms with van der Waals surface area (Å²) in [4.78, 5) is 29.3. The number of nitrogens with one attached hydrogen (secondary N) is 1. The van der Waals surface area contributed by atoms with Crippen molar-refractivity contribution in [2.24, 2.45) is 7.05 Å². The first-order valence-electron chi connectivity index (χ1n) is 11.5. The van der Waals surface area contributed by atoms with Crippen molar-refractivity contribution in [3.8, 4) is 16.8 Å². The van der Waals surface area contributed by atoms with E-state index in [-0.39, 0.29) is 11.1 Å². The Morgan fingerprint density at radius 3 is 2.44 bits per heavy atom. The predicted molar refractivity (Wildman–Crippen MR) is 140 cm³/mol. The number of carbonyl (C=O) groups is 1. The van der Waals surface area contributed by atoms with E-state index < -0.39 is 5.97 Å². The number of aromatic nitrogens is 4. The number of aryl methyl sites for hydroxylation is 3. The first-order valence-corrected chi connectivity index (χ1v) is 11.5. The van der Waals surface area contributed by atoms with Crippen molar-refractivity contribution in [1.29, 1.82) is 0 Å². The summed E-state index contributed by atoms with van der Waals surface area (Å²) in [6, 6.07) is 20.2. The quantitative estimate of drug-likeness (QED) is 0.361. The molecule has 180 valence electrons. The van der Waals surface area contributed by atoms with Gasteiger partial charge in [0.05, 0.1) is 33.5 Å². The van der Waals surface area contributed by atoms with Gasteiger partial charge in [0.2, 0.25) is 0 Å². The molecule has 8 heteroatoms. The summed E-state index contributed by atoms with van der Waals surface area (Å²) in [6.45, 7) is 5.70. The highest BCUT2D eigenvalue weighted by atomic mass is 16.4. The Morgan fingerprint density at radius 1 is 0.972 bits per heavy atom. The van der Waals surface area contributed by atoms with Gasteiger partial charge in [-0.05, 0) is 62.2 Å². The van der Waals surface area contributed by atoms with E-state index in [1.807, 2.05) is 50.2 Å². The van der Waals surface area contributed by atoms with Gasteiger partial charge in [-0.25, -0.2) is 14.5 Å². The van der Waals surface area contributed by atoms with Gasteiger partial charge in [0.25, 0.3) is 5.56 Å². The van der Waals surface area contributed by atoms with E-state index in [1.54, 1.807) is 49.0 Å². The lowest BCUT2D eigenvalue weighted by Gasteiger charge is -2.16. The number of anilines is 2. The molecule has 0 amide bonds. The molecule has 0 bridgehead atoms. The largest absolute Gasteiger partial charge is 0.478 e. The van der Waals surface area contributed by atoms with E-state index in [0.29, 0.717) is 28.2 Å². The van der Waals surface area contributed by atoms with Crippen molar-refractivity contribution in [2.45, 2.75) is 20.8 Å². The summed E-state index contributed by atoms with van der Waals surface area (Å²) in [6.07, 6.45) is 0. The fraction of sp³-hybridized carbons (Fsp3) is 0.143. The van der Waals surface area contributed by atoms with Crippen LogP contribution in [-0.4, -0.2) is 30.4 Å². The molecule has 2 heterocycles. The van der Waals surface area contributed by atoms with Gasteiger partial charge in [-0.3, -0.25) is 9.36 Å². The van der Waals surface area contributed by atoms with E-state index >= 15 is 0 Å². The summed E-state index contributed by atoms with van der Waals surface area (Å²) in [7, 11) is 1.70. The molecule has 2 aromatic heterocycles. The van der Waals surface area contributed by atoms with Crippen LogP contribution < -0.4 is 10.9 Å². The monoisotopic (exact) mass is 479 g/mol. The molecule has 0 aliphatic carbocycles.